The highest BCUT2D eigenvalue weighted by atomic mass is 35.5. The minimum absolute atomic E-state index is 0.365. The molecule has 1 aromatic carbocycles. The quantitative estimate of drug-likeness (QED) is 0.794. The number of nitrogens with zero attached hydrogens (tertiary/aromatic N) is 1. The molecule has 5 heteroatoms. The van der Waals surface area contributed by atoms with Crippen LogP contribution < -0.4 is 5.59 Å². The van der Waals surface area contributed by atoms with Gasteiger partial charge in [-0.3, -0.25) is 0 Å². The average molecular weight is 304 g/mol. The molecule has 0 amide bonds. The van der Waals surface area contributed by atoms with E-state index in [1.54, 1.807) is 0 Å². The molecule has 0 saturated carbocycles. The summed E-state index contributed by atoms with van der Waals surface area (Å²) in [5.74, 6) is 0. The van der Waals surface area contributed by atoms with E-state index in [1.807, 2.05) is 74.9 Å². The molecule has 0 unspecified atom stereocenters. The number of rotatable bonds is 2. The van der Waals surface area contributed by atoms with Crippen molar-refractivity contribution in [2.75, 3.05) is 0 Å². The van der Waals surface area contributed by atoms with Crippen molar-refractivity contribution in [2.24, 2.45) is 0 Å². The van der Waals surface area contributed by atoms with Crippen LogP contribution in [0.2, 0.25) is 5.02 Å². The Bertz CT molecular complexity index is 636. The zero-order chi connectivity index (χ0) is 15.3. The second kappa shape index (κ2) is 4.91. The van der Waals surface area contributed by atoms with Crippen LogP contribution in [0.5, 0.6) is 0 Å². The van der Waals surface area contributed by atoms with Crippen molar-refractivity contribution in [3.63, 3.8) is 0 Å². The minimum atomic E-state index is -0.428. The number of para-hydroxylation sites is 1. The molecular weight excluding hydrogens is 284 g/mol. The smallest absolute Gasteiger partial charge is 0.398 e. The number of halogens is 1. The predicted octanol–water partition coefficient (Wildman–Crippen LogP) is 3.43. The Morgan fingerprint density at radius 1 is 1.00 bits per heavy atom. The second-order valence-corrected chi connectivity index (χ2v) is 6.81. The Labute approximate surface area is 131 Å². The highest BCUT2D eigenvalue weighted by Crippen LogP contribution is 2.36. The van der Waals surface area contributed by atoms with Crippen molar-refractivity contribution < 1.29 is 9.31 Å². The highest BCUT2D eigenvalue weighted by molar-refractivity contribution is 6.61. The summed E-state index contributed by atoms with van der Waals surface area (Å²) in [6.07, 6.45) is 1.89. The first-order chi connectivity index (χ1) is 9.80. The van der Waals surface area contributed by atoms with Crippen molar-refractivity contribution in [3.05, 3.63) is 47.6 Å². The van der Waals surface area contributed by atoms with Crippen LogP contribution in [0.25, 0.3) is 5.69 Å². The van der Waals surface area contributed by atoms with Gasteiger partial charge in [-0.1, -0.05) is 29.8 Å². The van der Waals surface area contributed by atoms with Gasteiger partial charge < -0.3 is 13.9 Å². The van der Waals surface area contributed by atoms with Crippen LogP contribution in [0.15, 0.2) is 42.6 Å². The summed E-state index contributed by atoms with van der Waals surface area (Å²) in [5, 5.41) is 0.670. The van der Waals surface area contributed by atoms with Gasteiger partial charge in [-0.25, -0.2) is 0 Å². The summed E-state index contributed by atoms with van der Waals surface area (Å²) in [6, 6.07) is 11.9. The van der Waals surface area contributed by atoms with Crippen LogP contribution in [0.1, 0.15) is 27.7 Å². The fraction of sp³-hybridized carbons (Fsp3) is 0.375. The zero-order valence-corrected chi connectivity index (χ0v) is 13.5. The lowest BCUT2D eigenvalue weighted by Gasteiger charge is -2.32. The zero-order valence-electron chi connectivity index (χ0n) is 12.8. The van der Waals surface area contributed by atoms with E-state index in [-0.39, 0.29) is 11.2 Å². The molecule has 1 fully saturated rings. The molecule has 110 valence electrons. The standard InChI is InChI=1S/C16H19BClNO2/c1-15(2)16(3,4)21-17(20-15)14-10-12(18)11-19(14)13-8-6-5-7-9-13/h5-11H,1-4H3. The van der Waals surface area contributed by atoms with Crippen LogP contribution in [0.3, 0.4) is 0 Å². The molecular formula is C16H19BClNO2. The Morgan fingerprint density at radius 2 is 1.57 bits per heavy atom. The van der Waals surface area contributed by atoms with Gasteiger partial charge in [0, 0.05) is 11.9 Å². The maximum atomic E-state index is 6.20. The third-order valence-electron chi connectivity index (χ3n) is 4.35. The van der Waals surface area contributed by atoms with Gasteiger partial charge in [-0.2, -0.15) is 0 Å². The first kappa shape index (κ1) is 14.7. The van der Waals surface area contributed by atoms with E-state index in [4.69, 9.17) is 20.9 Å². The van der Waals surface area contributed by atoms with Crippen molar-refractivity contribution in [1.82, 2.24) is 4.57 Å². The molecule has 0 bridgehead atoms. The minimum Gasteiger partial charge on any atom is -0.398 e. The summed E-state index contributed by atoms with van der Waals surface area (Å²) >= 11 is 6.20. The Morgan fingerprint density at radius 3 is 2.14 bits per heavy atom. The number of hydrogen-bond donors (Lipinski definition) is 0. The van der Waals surface area contributed by atoms with Crippen molar-refractivity contribution in [1.29, 1.82) is 0 Å². The summed E-state index contributed by atoms with van der Waals surface area (Å²) < 4.78 is 14.3. The van der Waals surface area contributed by atoms with Crippen molar-refractivity contribution >= 4 is 24.3 Å². The van der Waals surface area contributed by atoms with Gasteiger partial charge in [0.15, 0.2) is 0 Å². The van der Waals surface area contributed by atoms with Gasteiger partial charge in [-0.05, 0) is 45.9 Å². The summed E-state index contributed by atoms with van der Waals surface area (Å²) in [6.45, 7) is 8.18. The van der Waals surface area contributed by atoms with E-state index in [0.29, 0.717) is 5.02 Å². The summed E-state index contributed by atoms with van der Waals surface area (Å²) in [7, 11) is -0.428. The molecule has 1 saturated heterocycles. The van der Waals surface area contributed by atoms with Crippen LogP contribution in [0, 0.1) is 0 Å². The number of benzene rings is 1. The lowest BCUT2D eigenvalue weighted by Crippen LogP contribution is -2.41. The van der Waals surface area contributed by atoms with Crippen LogP contribution in [-0.4, -0.2) is 22.9 Å². The molecule has 0 spiro atoms. The first-order valence-electron chi connectivity index (χ1n) is 7.09. The molecule has 0 radical (unpaired) electrons. The molecule has 0 aliphatic carbocycles. The topological polar surface area (TPSA) is 23.4 Å². The summed E-state index contributed by atoms with van der Waals surface area (Å²) in [5.41, 5.74) is 1.21. The molecule has 1 aromatic heterocycles. The Hall–Kier alpha value is -1.23. The van der Waals surface area contributed by atoms with Gasteiger partial charge in [0.05, 0.1) is 21.8 Å². The van der Waals surface area contributed by atoms with Crippen molar-refractivity contribution in [3.8, 4) is 5.69 Å². The van der Waals surface area contributed by atoms with Crippen LogP contribution >= 0.6 is 11.6 Å². The Kier molecular flexibility index (Phi) is 3.43. The molecule has 2 aromatic rings. The van der Waals surface area contributed by atoms with Gasteiger partial charge >= 0.3 is 7.12 Å². The SMILES string of the molecule is CC1(C)OB(c2cc(Cl)cn2-c2ccccc2)OC1(C)C. The number of hydrogen-bond acceptors (Lipinski definition) is 2. The van der Waals surface area contributed by atoms with Crippen molar-refractivity contribution in [2.45, 2.75) is 38.9 Å². The maximum absolute atomic E-state index is 6.20. The molecule has 1 aliphatic rings. The average Bonchev–Trinajstić information content (AvgIpc) is 2.89. The van der Waals surface area contributed by atoms with E-state index in [1.165, 1.54) is 0 Å². The molecule has 3 rings (SSSR count). The normalized spacial score (nSPS) is 20.0. The monoisotopic (exact) mass is 303 g/mol. The molecule has 0 atom stereocenters. The third-order valence-corrected chi connectivity index (χ3v) is 4.55. The largest absolute Gasteiger partial charge is 0.512 e. The first-order valence-corrected chi connectivity index (χ1v) is 7.47. The van der Waals surface area contributed by atoms with E-state index in [0.717, 1.165) is 11.3 Å². The Balaban J connectivity index is 2.02. The number of aromatic nitrogens is 1. The molecule has 1 aliphatic heterocycles. The fourth-order valence-corrected chi connectivity index (χ4v) is 2.61. The molecule has 21 heavy (non-hydrogen) atoms. The highest BCUT2D eigenvalue weighted by Gasteiger charge is 2.52. The molecule has 0 N–H and O–H groups in total. The lowest BCUT2D eigenvalue weighted by atomic mass is 9.84. The van der Waals surface area contributed by atoms with Gasteiger partial charge in [0.1, 0.15) is 0 Å². The summed E-state index contributed by atoms with van der Waals surface area (Å²) in [4.78, 5) is 0. The van der Waals surface area contributed by atoms with E-state index < -0.39 is 7.12 Å². The third kappa shape index (κ3) is 2.52. The van der Waals surface area contributed by atoms with Gasteiger partial charge in [-0.15, -0.1) is 0 Å². The van der Waals surface area contributed by atoms with Crippen LogP contribution in [0.4, 0.5) is 0 Å². The lowest BCUT2D eigenvalue weighted by molar-refractivity contribution is 0.00578. The van der Waals surface area contributed by atoms with Gasteiger partial charge in [0.2, 0.25) is 0 Å². The second-order valence-electron chi connectivity index (χ2n) is 6.38. The van der Waals surface area contributed by atoms with Crippen LogP contribution in [-0.2, 0) is 9.31 Å². The van der Waals surface area contributed by atoms with E-state index >= 15 is 0 Å². The fourth-order valence-electron chi connectivity index (χ4n) is 2.40. The maximum Gasteiger partial charge on any atom is 0.512 e. The van der Waals surface area contributed by atoms with Gasteiger partial charge in [0.25, 0.3) is 0 Å². The molecule has 3 nitrogen and oxygen atoms in total. The van der Waals surface area contributed by atoms with E-state index in [2.05, 4.69) is 0 Å². The predicted molar refractivity (Wildman–Crippen MR) is 86.5 cm³/mol. The molecule has 2 heterocycles. The van der Waals surface area contributed by atoms with E-state index in [9.17, 15) is 0 Å².